The third-order valence-corrected chi connectivity index (χ3v) is 6.55. The summed E-state index contributed by atoms with van der Waals surface area (Å²) in [6.07, 6.45) is 0.840. The topological polar surface area (TPSA) is 108 Å². The summed E-state index contributed by atoms with van der Waals surface area (Å²) < 4.78 is 5.60. The number of benzene rings is 2. The van der Waals surface area contributed by atoms with E-state index >= 15 is 0 Å². The SMILES string of the molecule is CN(C)CCC(NC(=O)OCC1c2ccccc2-c2ccccc21)C(=O)NC1(CC(=O)O)CC1. The van der Waals surface area contributed by atoms with Gasteiger partial charge in [0.2, 0.25) is 5.91 Å². The molecule has 2 aliphatic carbocycles. The van der Waals surface area contributed by atoms with Gasteiger partial charge in [-0.05, 0) is 62.2 Å². The lowest BCUT2D eigenvalue weighted by Gasteiger charge is -2.24. The second-order valence-electron chi connectivity index (χ2n) is 9.45. The fourth-order valence-corrected chi connectivity index (χ4v) is 4.57. The second-order valence-corrected chi connectivity index (χ2v) is 9.45. The van der Waals surface area contributed by atoms with E-state index in [2.05, 4.69) is 22.8 Å². The summed E-state index contributed by atoms with van der Waals surface area (Å²) in [5, 5.41) is 14.7. The van der Waals surface area contributed by atoms with Gasteiger partial charge in [-0.1, -0.05) is 48.5 Å². The Morgan fingerprint density at radius 3 is 2.18 bits per heavy atom. The Labute approximate surface area is 199 Å². The second kappa shape index (κ2) is 9.85. The van der Waals surface area contributed by atoms with Crippen LogP contribution in [-0.2, 0) is 14.3 Å². The number of carboxylic acids is 1. The van der Waals surface area contributed by atoms with Gasteiger partial charge in [0.15, 0.2) is 0 Å². The number of nitrogens with zero attached hydrogens (tertiary/aromatic N) is 1. The van der Waals surface area contributed by atoms with Crippen LogP contribution in [0.2, 0.25) is 0 Å². The summed E-state index contributed by atoms with van der Waals surface area (Å²) in [6.45, 7) is 0.735. The highest BCUT2D eigenvalue weighted by atomic mass is 16.5. The van der Waals surface area contributed by atoms with E-state index < -0.39 is 23.6 Å². The lowest BCUT2D eigenvalue weighted by atomic mass is 9.98. The summed E-state index contributed by atoms with van der Waals surface area (Å²) in [5.41, 5.74) is 3.81. The zero-order chi connectivity index (χ0) is 24.3. The first-order chi connectivity index (χ1) is 16.3. The fraction of sp³-hybridized carbons (Fsp3) is 0.423. The number of amides is 2. The molecule has 3 N–H and O–H groups in total. The molecule has 2 aromatic rings. The average molecular weight is 466 g/mol. The minimum atomic E-state index is -0.952. The number of carbonyl (C=O) groups excluding carboxylic acids is 2. The van der Waals surface area contributed by atoms with E-state index in [4.69, 9.17) is 9.84 Å². The van der Waals surface area contributed by atoms with Gasteiger partial charge >= 0.3 is 12.1 Å². The van der Waals surface area contributed by atoms with E-state index in [1.54, 1.807) is 0 Å². The Morgan fingerprint density at radius 1 is 1.06 bits per heavy atom. The first-order valence-corrected chi connectivity index (χ1v) is 11.6. The number of fused-ring (bicyclic) bond motifs is 3. The highest BCUT2D eigenvalue weighted by Crippen LogP contribution is 2.44. The molecule has 0 heterocycles. The van der Waals surface area contributed by atoms with Crippen LogP contribution in [0.4, 0.5) is 4.79 Å². The maximum absolute atomic E-state index is 12.9. The van der Waals surface area contributed by atoms with Crippen LogP contribution in [-0.4, -0.2) is 66.8 Å². The van der Waals surface area contributed by atoms with E-state index in [1.807, 2.05) is 55.4 Å². The minimum Gasteiger partial charge on any atom is -0.481 e. The van der Waals surface area contributed by atoms with Crippen molar-refractivity contribution in [1.82, 2.24) is 15.5 Å². The van der Waals surface area contributed by atoms with Crippen molar-refractivity contribution in [3.05, 3.63) is 59.7 Å². The summed E-state index contributed by atoms with van der Waals surface area (Å²) in [5.74, 6) is -1.40. The van der Waals surface area contributed by atoms with Gasteiger partial charge in [0.25, 0.3) is 0 Å². The molecule has 1 unspecified atom stereocenters. The van der Waals surface area contributed by atoms with E-state index in [-0.39, 0.29) is 24.9 Å². The molecule has 1 atom stereocenters. The lowest BCUT2D eigenvalue weighted by Crippen LogP contribution is -2.52. The fourth-order valence-electron chi connectivity index (χ4n) is 4.57. The number of hydrogen-bond donors (Lipinski definition) is 3. The number of hydrogen-bond acceptors (Lipinski definition) is 5. The van der Waals surface area contributed by atoms with Crippen molar-refractivity contribution in [3.63, 3.8) is 0 Å². The predicted octanol–water partition coefficient (Wildman–Crippen LogP) is 2.97. The van der Waals surface area contributed by atoms with Crippen molar-refractivity contribution in [2.24, 2.45) is 0 Å². The number of alkyl carbamates (subject to hydrolysis) is 1. The molecule has 0 spiro atoms. The van der Waals surface area contributed by atoms with Crippen LogP contribution in [0.15, 0.2) is 48.5 Å². The molecule has 2 amide bonds. The smallest absolute Gasteiger partial charge is 0.407 e. The Morgan fingerprint density at radius 2 is 1.65 bits per heavy atom. The standard InChI is InChI=1S/C26H31N3O5/c1-29(2)14-11-22(24(32)28-26(12-13-26)15-23(30)31)27-25(33)34-16-21-19-9-5-3-7-17(19)18-8-4-6-10-20(18)21/h3-10,21-22H,11-16H2,1-2H3,(H,27,33)(H,28,32)(H,30,31). The van der Waals surface area contributed by atoms with E-state index in [0.29, 0.717) is 25.8 Å². The van der Waals surface area contributed by atoms with E-state index in [9.17, 15) is 14.4 Å². The van der Waals surface area contributed by atoms with Gasteiger partial charge in [-0.15, -0.1) is 0 Å². The lowest BCUT2D eigenvalue weighted by molar-refractivity contribution is -0.138. The van der Waals surface area contributed by atoms with Gasteiger partial charge in [0.1, 0.15) is 12.6 Å². The third-order valence-electron chi connectivity index (χ3n) is 6.55. The molecule has 0 aromatic heterocycles. The molecule has 180 valence electrons. The van der Waals surface area contributed by atoms with Crippen molar-refractivity contribution < 1.29 is 24.2 Å². The maximum Gasteiger partial charge on any atom is 0.407 e. The molecule has 8 heteroatoms. The maximum atomic E-state index is 12.9. The highest BCUT2D eigenvalue weighted by molar-refractivity contribution is 5.87. The van der Waals surface area contributed by atoms with Crippen LogP contribution in [0.25, 0.3) is 11.1 Å². The van der Waals surface area contributed by atoms with Crippen LogP contribution >= 0.6 is 0 Å². The molecule has 34 heavy (non-hydrogen) atoms. The van der Waals surface area contributed by atoms with Crippen LogP contribution in [0, 0.1) is 0 Å². The van der Waals surface area contributed by atoms with Crippen molar-refractivity contribution in [1.29, 1.82) is 0 Å². The first-order valence-electron chi connectivity index (χ1n) is 11.6. The number of carboxylic acid groups (broad SMARTS) is 1. The van der Waals surface area contributed by atoms with Crippen LogP contribution < -0.4 is 10.6 Å². The Kier molecular flexibility index (Phi) is 6.88. The number of carbonyl (C=O) groups is 3. The van der Waals surface area contributed by atoms with Crippen molar-refractivity contribution in [2.75, 3.05) is 27.2 Å². The number of ether oxygens (including phenoxy) is 1. The number of nitrogens with one attached hydrogen (secondary N) is 2. The van der Waals surface area contributed by atoms with Crippen LogP contribution in [0.3, 0.4) is 0 Å². The molecule has 0 saturated heterocycles. The predicted molar refractivity (Wildman–Crippen MR) is 128 cm³/mol. The van der Waals surface area contributed by atoms with Crippen LogP contribution in [0.5, 0.6) is 0 Å². The largest absolute Gasteiger partial charge is 0.481 e. The van der Waals surface area contributed by atoms with Gasteiger partial charge in [-0.25, -0.2) is 4.79 Å². The molecule has 2 aromatic carbocycles. The number of rotatable bonds is 10. The quantitative estimate of drug-likeness (QED) is 0.498. The summed E-state index contributed by atoms with van der Waals surface area (Å²) in [7, 11) is 3.77. The highest BCUT2D eigenvalue weighted by Gasteiger charge is 2.46. The summed E-state index contributed by atoms with van der Waals surface area (Å²) in [4.78, 5) is 38.7. The Bertz CT molecular complexity index is 1030. The molecule has 0 radical (unpaired) electrons. The van der Waals surface area contributed by atoms with Crippen molar-refractivity contribution >= 4 is 18.0 Å². The Hall–Kier alpha value is -3.39. The van der Waals surface area contributed by atoms with Crippen molar-refractivity contribution in [3.8, 4) is 11.1 Å². The van der Waals surface area contributed by atoms with Gasteiger partial charge in [0.05, 0.1) is 12.0 Å². The summed E-state index contributed by atoms with van der Waals surface area (Å²) in [6, 6.07) is 15.4. The first kappa shape index (κ1) is 23.8. The average Bonchev–Trinajstić information content (AvgIpc) is 3.46. The zero-order valence-corrected chi connectivity index (χ0v) is 19.5. The van der Waals surface area contributed by atoms with E-state index in [0.717, 1.165) is 22.3 Å². The molecule has 2 aliphatic rings. The van der Waals surface area contributed by atoms with Crippen molar-refractivity contribution in [2.45, 2.75) is 43.2 Å². The molecule has 1 fully saturated rings. The molecule has 0 bridgehead atoms. The molecular weight excluding hydrogens is 434 g/mol. The molecular formula is C26H31N3O5. The monoisotopic (exact) mass is 465 g/mol. The Balaban J connectivity index is 1.40. The molecule has 8 nitrogen and oxygen atoms in total. The van der Waals surface area contributed by atoms with Gasteiger partial charge in [0, 0.05) is 5.92 Å². The third kappa shape index (κ3) is 5.39. The molecule has 4 rings (SSSR count). The summed E-state index contributed by atoms with van der Waals surface area (Å²) >= 11 is 0. The number of aliphatic carboxylic acids is 1. The van der Waals surface area contributed by atoms with E-state index in [1.165, 1.54) is 0 Å². The molecule has 1 saturated carbocycles. The van der Waals surface area contributed by atoms with Crippen LogP contribution in [0.1, 0.15) is 42.7 Å². The minimum absolute atomic E-state index is 0.0718. The van der Waals surface area contributed by atoms with Gasteiger partial charge in [-0.2, -0.15) is 0 Å². The van der Waals surface area contributed by atoms with Gasteiger partial charge < -0.3 is 25.4 Å². The van der Waals surface area contributed by atoms with Gasteiger partial charge in [-0.3, -0.25) is 9.59 Å². The molecule has 0 aliphatic heterocycles. The normalized spacial score (nSPS) is 16.3. The zero-order valence-electron chi connectivity index (χ0n) is 19.5.